The number of halogens is 2. The topological polar surface area (TPSA) is 69.0 Å². The van der Waals surface area contributed by atoms with Crippen LogP contribution in [0, 0.1) is 0 Å². The Morgan fingerprint density at radius 3 is 2.63 bits per heavy atom. The van der Waals surface area contributed by atoms with E-state index in [4.69, 9.17) is 27.9 Å². The average Bonchev–Trinajstić information content (AvgIpc) is 3.05. The third-order valence-electron chi connectivity index (χ3n) is 3.59. The Labute approximate surface area is 170 Å². The van der Waals surface area contributed by atoms with Crippen LogP contribution in [0.15, 0.2) is 58.8 Å². The molecule has 1 heterocycles. The Bertz CT molecular complexity index is 947. The van der Waals surface area contributed by atoms with Gasteiger partial charge in [0.1, 0.15) is 17.1 Å². The summed E-state index contributed by atoms with van der Waals surface area (Å²) < 4.78 is 7.45. The normalized spacial score (nSPS) is 11.9. The third-order valence-corrected chi connectivity index (χ3v) is 5.45. The molecule has 0 spiro atoms. The molecule has 0 bridgehead atoms. The van der Waals surface area contributed by atoms with Crippen LogP contribution in [0.5, 0.6) is 5.75 Å². The lowest BCUT2D eigenvalue weighted by Gasteiger charge is -2.16. The first-order valence-corrected chi connectivity index (χ1v) is 9.54. The Morgan fingerprint density at radius 1 is 1.22 bits per heavy atom. The number of amides is 1. The molecule has 0 aliphatic rings. The summed E-state index contributed by atoms with van der Waals surface area (Å²) in [6.07, 6.45) is 0.901. The summed E-state index contributed by atoms with van der Waals surface area (Å²) in [7, 11) is 1.88. The molecule has 6 nitrogen and oxygen atoms in total. The standard InChI is InChI=1S/C18H16Cl2N4O2S/c1-11(26-15-5-3-4-14(19)16(15)20)17(25)22-12-6-8-13(9-7-12)27-18-23-21-10-24(18)2/h3-11H,1-2H3,(H,22,25). The van der Waals surface area contributed by atoms with E-state index in [1.54, 1.807) is 31.5 Å². The maximum atomic E-state index is 12.4. The highest BCUT2D eigenvalue weighted by Crippen LogP contribution is 2.32. The van der Waals surface area contributed by atoms with Gasteiger partial charge in [0.2, 0.25) is 0 Å². The molecule has 3 aromatic rings. The molecule has 0 aliphatic carbocycles. The lowest BCUT2D eigenvalue weighted by Crippen LogP contribution is -2.30. The van der Waals surface area contributed by atoms with Crippen LogP contribution in [-0.4, -0.2) is 26.8 Å². The molecule has 27 heavy (non-hydrogen) atoms. The zero-order valence-corrected chi connectivity index (χ0v) is 16.8. The van der Waals surface area contributed by atoms with E-state index in [0.717, 1.165) is 10.1 Å². The summed E-state index contributed by atoms with van der Waals surface area (Å²) in [5, 5.41) is 12.1. The van der Waals surface area contributed by atoms with Crippen molar-refractivity contribution in [2.75, 3.05) is 5.32 Å². The van der Waals surface area contributed by atoms with Crippen molar-refractivity contribution in [1.29, 1.82) is 0 Å². The highest BCUT2D eigenvalue weighted by Gasteiger charge is 2.17. The molecule has 0 saturated carbocycles. The van der Waals surface area contributed by atoms with Crippen molar-refractivity contribution in [3.8, 4) is 5.75 Å². The van der Waals surface area contributed by atoms with Gasteiger partial charge in [-0.15, -0.1) is 10.2 Å². The summed E-state index contributed by atoms with van der Waals surface area (Å²) in [6, 6.07) is 12.5. The Balaban J connectivity index is 1.60. The fraction of sp³-hybridized carbons (Fsp3) is 0.167. The van der Waals surface area contributed by atoms with E-state index in [-0.39, 0.29) is 10.9 Å². The van der Waals surface area contributed by atoms with Crippen molar-refractivity contribution in [3.05, 3.63) is 58.8 Å². The maximum Gasteiger partial charge on any atom is 0.265 e. The molecule has 0 radical (unpaired) electrons. The largest absolute Gasteiger partial charge is 0.479 e. The highest BCUT2D eigenvalue weighted by molar-refractivity contribution is 7.99. The van der Waals surface area contributed by atoms with Gasteiger partial charge in [-0.2, -0.15) is 0 Å². The van der Waals surface area contributed by atoms with Gasteiger partial charge in [-0.3, -0.25) is 4.79 Å². The molecule has 0 saturated heterocycles. The first-order chi connectivity index (χ1) is 12.9. The minimum Gasteiger partial charge on any atom is -0.479 e. The zero-order chi connectivity index (χ0) is 19.4. The average molecular weight is 423 g/mol. The molecule has 140 valence electrons. The summed E-state index contributed by atoms with van der Waals surface area (Å²) in [6.45, 7) is 1.64. The number of ether oxygens (including phenoxy) is 1. The lowest BCUT2D eigenvalue weighted by molar-refractivity contribution is -0.122. The Morgan fingerprint density at radius 2 is 1.96 bits per heavy atom. The second-order valence-electron chi connectivity index (χ2n) is 5.65. The number of hydrogen-bond donors (Lipinski definition) is 1. The number of carbonyl (C=O) groups excluding carboxylic acids is 1. The fourth-order valence-corrected chi connectivity index (χ4v) is 3.24. The number of aromatic nitrogens is 3. The minimum absolute atomic E-state index is 0.281. The van der Waals surface area contributed by atoms with Crippen molar-refractivity contribution in [3.63, 3.8) is 0 Å². The van der Waals surface area contributed by atoms with Crippen LogP contribution in [-0.2, 0) is 11.8 Å². The summed E-state index contributed by atoms with van der Waals surface area (Å²) in [5.41, 5.74) is 0.662. The number of carbonyl (C=O) groups is 1. The van der Waals surface area contributed by atoms with Gasteiger partial charge in [-0.25, -0.2) is 0 Å². The molecule has 1 aromatic heterocycles. The van der Waals surface area contributed by atoms with Gasteiger partial charge in [-0.1, -0.05) is 29.3 Å². The Kier molecular flexibility index (Phi) is 6.26. The number of rotatable bonds is 6. The molecule has 1 amide bonds. The number of benzene rings is 2. The van der Waals surface area contributed by atoms with Crippen molar-refractivity contribution in [1.82, 2.24) is 14.8 Å². The van der Waals surface area contributed by atoms with E-state index < -0.39 is 6.10 Å². The van der Waals surface area contributed by atoms with Crippen LogP contribution in [0.25, 0.3) is 0 Å². The fourth-order valence-electron chi connectivity index (χ4n) is 2.14. The smallest absolute Gasteiger partial charge is 0.265 e. The molecule has 0 fully saturated rings. The number of nitrogens with zero attached hydrogens (tertiary/aromatic N) is 3. The van der Waals surface area contributed by atoms with E-state index in [0.29, 0.717) is 16.5 Å². The summed E-state index contributed by atoms with van der Waals surface area (Å²) in [5.74, 6) is 0.0713. The van der Waals surface area contributed by atoms with Crippen molar-refractivity contribution >= 4 is 46.6 Å². The van der Waals surface area contributed by atoms with Crippen molar-refractivity contribution < 1.29 is 9.53 Å². The quantitative estimate of drug-likeness (QED) is 0.624. The first-order valence-electron chi connectivity index (χ1n) is 7.97. The minimum atomic E-state index is -0.742. The number of nitrogens with one attached hydrogen (secondary N) is 1. The molecule has 1 N–H and O–H groups in total. The van der Waals surface area contributed by atoms with Gasteiger partial charge in [0.15, 0.2) is 11.3 Å². The zero-order valence-electron chi connectivity index (χ0n) is 14.5. The van der Waals surface area contributed by atoms with E-state index in [1.807, 2.05) is 35.9 Å². The van der Waals surface area contributed by atoms with Crippen LogP contribution >= 0.6 is 35.0 Å². The van der Waals surface area contributed by atoms with Crippen LogP contribution < -0.4 is 10.1 Å². The molecule has 0 aliphatic heterocycles. The van der Waals surface area contributed by atoms with Gasteiger partial charge < -0.3 is 14.6 Å². The second kappa shape index (κ2) is 8.65. The van der Waals surface area contributed by atoms with Crippen LogP contribution in [0.2, 0.25) is 10.0 Å². The van der Waals surface area contributed by atoms with Gasteiger partial charge in [-0.05, 0) is 55.1 Å². The van der Waals surface area contributed by atoms with Gasteiger partial charge in [0.25, 0.3) is 5.91 Å². The van der Waals surface area contributed by atoms with E-state index in [9.17, 15) is 4.79 Å². The maximum absolute atomic E-state index is 12.4. The predicted octanol–water partition coefficient (Wildman–Crippen LogP) is 4.68. The Hall–Kier alpha value is -2.22. The summed E-state index contributed by atoms with van der Waals surface area (Å²) in [4.78, 5) is 13.3. The van der Waals surface area contributed by atoms with E-state index in [2.05, 4.69) is 15.5 Å². The van der Waals surface area contributed by atoms with Crippen molar-refractivity contribution in [2.24, 2.45) is 7.05 Å². The number of aryl methyl sites for hydroxylation is 1. The third kappa shape index (κ3) is 4.94. The van der Waals surface area contributed by atoms with E-state index >= 15 is 0 Å². The molecule has 3 rings (SSSR count). The molecule has 2 aromatic carbocycles. The molecule has 1 atom stereocenters. The van der Waals surface area contributed by atoms with Gasteiger partial charge in [0.05, 0.1) is 5.02 Å². The number of hydrogen-bond acceptors (Lipinski definition) is 5. The molecular weight excluding hydrogens is 407 g/mol. The molecular formula is C18H16Cl2N4O2S. The number of anilines is 1. The SMILES string of the molecule is CC(Oc1cccc(Cl)c1Cl)C(=O)Nc1ccc(Sc2nncn2C)cc1. The van der Waals surface area contributed by atoms with Crippen LogP contribution in [0.1, 0.15) is 6.92 Å². The molecule has 9 heteroatoms. The molecule has 1 unspecified atom stereocenters. The van der Waals surface area contributed by atoms with Crippen LogP contribution in [0.3, 0.4) is 0 Å². The predicted molar refractivity (Wildman–Crippen MR) is 107 cm³/mol. The lowest BCUT2D eigenvalue weighted by atomic mass is 10.3. The highest BCUT2D eigenvalue weighted by atomic mass is 35.5. The monoisotopic (exact) mass is 422 g/mol. The second-order valence-corrected chi connectivity index (χ2v) is 7.48. The first kappa shape index (κ1) is 19.5. The van der Waals surface area contributed by atoms with Crippen molar-refractivity contribution in [2.45, 2.75) is 23.1 Å². The van der Waals surface area contributed by atoms with Gasteiger partial charge >= 0.3 is 0 Å². The van der Waals surface area contributed by atoms with Gasteiger partial charge in [0, 0.05) is 17.6 Å². The summed E-state index contributed by atoms with van der Waals surface area (Å²) >= 11 is 13.5. The van der Waals surface area contributed by atoms with E-state index in [1.165, 1.54) is 11.8 Å². The van der Waals surface area contributed by atoms with Crippen LogP contribution in [0.4, 0.5) is 5.69 Å².